The van der Waals surface area contributed by atoms with Crippen molar-refractivity contribution in [2.45, 2.75) is 39.2 Å². The standard InChI is InChI=1S/C11H17NOS/c1-3-9(2)12-11(13)7-6-10-5-4-8-14-10/h4-5,8-9H,3,6-7H2,1-2H3,(H,12,13). The number of carbonyl (C=O) groups is 1. The van der Waals surface area contributed by atoms with Gasteiger partial charge in [-0.2, -0.15) is 0 Å². The second kappa shape index (κ2) is 5.81. The first kappa shape index (κ1) is 11.2. The molecular formula is C11H17NOS. The Kier molecular flexibility index (Phi) is 4.66. The van der Waals surface area contributed by atoms with Gasteiger partial charge in [-0.15, -0.1) is 11.3 Å². The van der Waals surface area contributed by atoms with Gasteiger partial charge in [-0.3, -0.25) is 4.79 Å². The third-order valence-electron chi connectivity index (χ3n) is 2.20. The van der Waals surface area contributed by atoms with E-state index in [0.29, 0.717) is 12.5 Å². The fraction of sp³-hybridized carbons (Fsp3) is 0.545. The molecular weight excluding hydrogens is 194 g/mol. The average Bonchev–Trinajstić information content (AvgIpc) is 2.67. The van der Waals surface area contributed by atoms with E-state index in [0.717, 1.165) is 12.8 Å². The summed E-state index contributed by atoms with van der Waals surface area (Å²) >= 11 is 1.71. The first-order chi connectivity index (χ1) is 6.72. The van der Waals surface area contributed by atoms with Crippen molar-refractivity contribution in [2.75, 3.05) is 0 Å². The van der Waals surface area contributed by atoms with Gasteiger partial charge in [-0.05, 0) is 31.2 Å². The Morgan fingerprint density at radius 2 is 2.43 bits per heavy atom. The highest BCUT2D eigenvalue weighted by atomic mass is 32.1. The zero-order chi connectivity index (χ0) is 10.4. The Labute approximate surface area is 89.3 Å². The van der Waals surface area contributed by atoms with Crippen molar-refractivity contribution >= 4 is 17.2 Å². The second-order valence-corrected chi connectivity index (χ2v) is 4.49. The average molecular weight is 211 g/mol. The molecule has 1 N–H and O–H groups in total. The van der Waals surface area contributed by atoms with Crippen LogP contribution in [0, 0.1) is 0 Å². The highest BCUT2D eigenvalue weighted by Gasteiger charge is 2.05. The maximum Gasteiger partial charge on any atom is 0.220 e. The minimum atomic E-state index is 0.160. The van der Waals surface area contributed by atoms with E-state index in [2.05, 4.69) is 18.3 Å². The third kappa shape index (κ3) is 3.92. The highest BCUT2D eigenvalue weighted by molar-refractivity contribution is 7.09. The van der Waals surface area contributed by atoms with Crippen LogP contribution in [-0.2, 0) is 11.2 Å². The molecule has 0 saturated heterocycles. The fourth-order valence-electron chi connectivity index (χ4n) is 1.14. The zero-order valence-corrected chi connectivity index (χ0v) is 9.56. The van der Waals surface area contributed by atoms with Gasteiger partial charge < -0.3 is 5.32 Å². The Hall–Kier alpha value is -0.830. The summed E-state index contributed by atoms with van der Waals surface area (Å²) < 4.78 is 0. The molecule has 78 valence electrons. The van der Waals surface area contributed by atoms with E-state index in [1.807, 2.05) is 18.4 Å². The summed E-state index contributed by atoms with van der Waals surface area (Å²) in [4.78, 5) is 12.7. The van der Waals surface area contributed by atoms with Crippen molar-refractivity contribution in [3.8, 4) is 0 Å². The Balaban J connectivity index is 2.22. The molecule has 0 aliphatic carbocycles. The maximum atomic E-state index is 11.4. The number of rotatable bonds is 5. The van der Waals surface area contributed by atoms with E-state index in [1.54, 1.807) is 11.3 Å². The van der Waals surface area contributed by atoms with Crippen LogP contribution < -0.4 is 5.32 Å². The topological polar surface area (TPSA) is 29.1 Å². The van der Waals surface area contributed by atoms with Crippen LogP contribution in [0.4, 0.5) is 0 Å². The van der Waals surface area contributed by atoms with Gasteiger partial charge in [-0.25, -0.2) is 0 Å². The normalized spacial score (nSPS) is 12.4. The second-order valence-electron chi connectivity index (χ2n) is 3.46. The summed E-state index contributed by atoms with van der Waals surface area (Å²) in [6.07, 6.45) is 2.45. The molecule has 3 heteroatoms. The van der Waals surface area contributed by atoms with Gasteiger partial charge in [-0.1, -0.05) is 13.0 Å². The lowest BCUT2D eigenvalue weighted by atomic mass is 10.2. The summed E-state index contributed by atoms with van der Waals surface area (Å²) in [6, 6.07) is 4.39. The predicted octanol–water partition coefficient (Wildman–Crippen LogP) is 2.60. The summed E-state index contributed by atoms with van der Waals surface area (Å²) in [5.74, 6) is 0.160. The van der Waals surface area contributed by atoms with Gasteiger partial charge in [0, 0.05) is 17.3 Å². The Morgan fingerprint density at radius 1 is 1.64 bits per heavy atom. The van der Waals surface area contributed by atoms with Crippen LogP contribution >= 0.6 is 11.3 Å². The molecule has 1 aromatic heterocycles. The van der Waals surface area contributed by atoms with Crippen LogP contribution in [0.3, 0.4) is 0 Å². The molecule has 0 saturated carbocycles. The Bertz CT molecular complexity index is 269. The van der Waals surface area contributed by atoms with Crippen molar-refractivity contribution < 1.29 is 4.79 Å². The quantitative estimate of drug-likeness (QED) is 0.797. The summed E-state index contributed by atoms with van der Waals surface area (Å²) in [6.45, 7) is 4.10. The molecule has 1 atom stereocenters. The summed E-state index contributed by atoms with van der Waals surface area (Å²) in [7, 11) is 0. The number of hydrogen-bond acceptors (Lipinski definition) is 2. The largest absolute Gasteiger partial charge is 0.354 e. The summed E-state index contributed by atoms with van der Waals surface area (Å²) in [5.41, 5.74) is 0. The number of aryl methyl sites for hydroxylation is 1. The van der Waals surface area contributed by atoms with Crippen LogP contribution in [0.2, 0.25) is 0 Å². The number of thiophene rings is 1. The summed E-state index contributed by atoms with van der Waals surface area (Å²) in [5, 5.41) is 5.00. The third-order valence-corrected chi connectivity index (χ3v) is 3.13. The van der Waals surface area contributed by atoms with E-state index >= 15 is 0 Å². The molecule has 0 radical (unpaired) electrons. The van der Waals surface area contributed by atoms with Crippen LogP contribution in [0.5, 0.6) is 0 Å². The van der Waals surface area contributed by atoms with Gasteiger partial charge in [0.05, 0.1) is 0 Å². The molecule has 0 aliphatic rings. The monoisotopic (exact) mass is 211 g/mol. The molecule has 1 amide bonds. The maximum absolute atomic E-state index is 11.4. The predicted molar refractivity (Wildman–Crippen MR) is 60.5 cm³/mol. The molecule has 0 bridgehead atoms. The zero-order valence-electron chi connectivity index (χ0n) is 8.75. The molecule has 0 aliphatic heterocycles. The fourth-order valence-corrected chi connectivity index (χ4v) is 1.85. The molecule has 2 nitrogen and oxygen atoms in total. The highest BCUT2D eigenvalue weighted by Crippen LogP contribution is 2.10. The van der Waals surface area contributed by atoms with Crippen molar-refractivity contribution in [1.29, 1.82) is 0 Å². The molecule has 0 aromatic carbocycles. The first-order valence-electron chi connectivity index (χ1n) is 5.04. The van der Waals surface area contributed by atoms with E-state index in [-0.39, 0.29) is 5.91 Å². The molecule has 1 unspecified atom stereocenters. The lowest BCUT2D eigenvalue weighted by molar-refractivity contribution is -0.121. The molecule has 14 heavy (non-hydrogen) atoms. The van der Waals surface area contributed by atoms with E-state index in [9.17, 15) is 4.79 Å². The lowest BCUT2D eigenvalue weighted by Gasteiger charge is -2.10. The van der Waals surface area contributed by atoms with Crippen LogP contribution in [-0.4, -0.2) is 11.9 Å². The minimum absolute atomic E-state index is 0.160. The number of amides is 1. The van der Waals surface area contributed by atoms with E-state index < -0.39 is 0 Å². The number of hydrogen-bond donors (Lipinski definition) is 1. The molecule has 1 aromatic rings. The van der Waals surface area contributed by atoms with Crippen molar-refractivity contribution in [2.24, 2.45) is 0 Å². The van der Waals surface area contributed by atoms with Crippen LogP contribution in [0.1, 0.15) is 31.6 Å². The number of carbonyl (C=O) groups excluding carboxylic acids is 1. The lowest BCUT2D eigenvalue weighted by Crippen LogP contribution is -2.31. The molecule has 0 spiro atoms. The minimum Gasteiger partial charge on any atom is -0.354 e. The molecule has 1 heterocycles. The molecule has 1 rings (SSSR count). The van der Waals surface area contributed by atoms with Gasteiger partial charge >= 0.3 is 0 Å². The van der Waals surface area contributed by atoms with Crippen molar-refractivity contribution in [3.63, 3.8) is 0 Å². The van der Waals surface area contributed by atoms with Crippen molar-refractivity contribution in [3.05, 3.63) is 22.4 Å². The van der Waals surface area contributed by atoms with Crippen molar-refractivity contribution in [1.82, 2.24) is 5.32 Å². The SMILES string of the molecule is CCC(C)NC(=O)CCc1cccs1. The number of nitrogens with one attached hydrogen (secondary N) is 1. The smallest absolute Gasteiger partial charge is 0.220 e. The Morgan fingerprint density at radius 3 is 3.00 bits per heavy atom. The molecule has 0 fully saturated rings. The first-order valence-corrected chi connectivity index (χ1v) is 5.92. The van der Waals surface area contributed by atoms with E-state index in [4.69, 9.17) is 0 Å². The van der Waals surface area contributed by atoms with Crippen LogP contribution in [0.15, 0.2) is 17.5 Å². The van der Waals surface area contributed by atoms with Gasteiger partial charge in [0.25, 0.3) is 0 Å². The van der Waals surface area contributed by atoms with Gasteiger partial charge in [0.15, 0.2) is 0 Å². The van der Waals surface area contributed by atoms with Gasteiger partial charge in [0.2, 0.25) is 5.91 Å². The van der Waals surface area contributed by atoms with E-state index in [1.165, 1.54) is 4.88 Å². The van der Waals surface area contributed by atoms with Gasteiger partial charge in [0.1, 0.15) is 0 Å². The van der Waals surface area contributed by atoms with Crippen LogP contribution in [0.25, 0.3) is 0 Å².